The maximum atomic E-state index is 12.1. The second-order valence-corrected chi connectivity index (χ2v) is 4.42. The number of nitriles is 1. The maximum absolute atomic E-state index is 12.1. The van der Waals surface area contributed by atoms with Crippen LogP contribution in [0.2, 0.25) is 0 Å². The van der Waals surface area contributed by atoms with Crippen LogP contribution in [0.15, 0.2) is 12.2 Å². The number of Topliss-reactive ketones (excluding diaryl/α,β-unsaturated/α-hetero) is 1. The molecule has 2 atom stereocenters. The zero-order chi connectivity index (χ0) is 12.9. The van der Waals surface area contributed by atoms with Crippen LogP contribution in [0.3, 0.4) is 0 Å². The van der Waals surface area contributed by atoms with Crippen molar-refractivity contribution in [3.05, 3.63) is 12.2 Å². The van der Waals surface area contributed by atoms with E-state index in [0.717, 1.165) is 19.3 Å². The van der Waals surface area contributed by atoms with Crippen LogP contribution in [-0.2, 0) is 9.59 Å². The predicted octanol–water partition coefficient (Wildman–Crippen LogP) is 1.72. The molecule has 0 aromatic carbocycles. The van der Waals surface area contributed by atoms with Crippen LogP contribution in [0.1, 0.15) is 39.5 Å². The van der Waals surface area contributed by atoms with E-state index in [1.807, 2.05) is 0 Å². The molecule has 4 heteroatoms. The van der Waals surface area contributed by atoms with Crippen LogP contribution in [0.4, 0.5) is 0 Å². The Labute approximate surface area is 102 Å². The van der Waals surface area contributed by atoms with Gasteiger partial charge in [0.05, 0.1) is 12.1 Å². The van der Waals surface area contributed by atoms with Gasteiger partial charge in [-0.1, -0.05) is 19.8 Å². The van der Waals surface area contributed by atoms with Crippen molar-refractivity contribution >= 4 is 11.7 Å². The molecule has 2 unspecified atom stereocenters. The average Bonchev–Trinajstić information content (AvgIpc) is 2.30. The van der Waals surface area contributed by atoms with E-state index < -0.39 is 11.5 Å². The molecule has 1 N–H and O–H groups in total. The third kappa shape index (κ3) is 2.73. The van der Waals surface area contributed by atoms with E-state index in [9.17, 15) is 14.9 Å². The van der Waals surface area contributed by atoms with Gasteiger partial charge in [-0.05, 0) is 19.4 Å². The van der Waals surface area contributed by atoms with Gasteiger partial charge >= 0.3 is 0 Å². The standard InChI is InChI=1S/C13H18N2O2/c1-3-4-5-6-11(16)13(9-14)8-7-12(17)15-10(13)2/h7-8,10H,3-6H2,1-2H3,(H,15,17). The Morgan fingerprint density at radius 2 is 2.29 bits per heavy atom. The summed E-state index contributed by atoms with van der Waals surface area (Å²) in [5.41, 5.74) is -1.18. The summed E-state index contributed by atoms with van der Waals surface area (Å²) < 4.78 is 0. The molecule has 4 nitrogen and oxygen atoms in total. The van der Waals surface area contributed by atoms with E-state index in [0.29, 0.717) is 6.42 Å². The van der Waals surface area contributed by atoms with Crippen molar-refractivity contribution in [1.82, 2.24) is 5.32 Å². The lowest BCUT2D eigenvalue weighted by Crippen LogP contribution is -2.51. The highest BCUT2D eigenvalue weighted by Gasteiger charge is 2.43. The summed E-state index contributed by atoms with van der Waals surface area (Å²) in [6.45, 7) is 3.76. The molecule has 1 heterocycles. The van der Waals surface area contributed by atoms with Gasteiger partial charge in [-0.3, -0.25) is 9.59 Å². The quantitative estimate of drug-likeness (QED) is 0.736. The van der Waals surface area contributed by atoms with Crippen molar-refractivity contribution in [3.8, 4) is 6.07 Å². The second kappa shape index (κ2) is 5.62. The molecule has 17 heavy (non-hydrogen) atoms. The van der Waals surface area contributed by atoms with E-state index >= 15 is 0 Å². The molecule has 0 saturated heterocycles. The third-order valence-corrected chi connectivity index (χ3v) is 3.19. The number of unbranched alkanes of at least 4 members (excludes halogenated alkanes) is 2. The minimum atomic E-state index is -1.18. The van der Waals surface area contributed by atoms with E-state index in [2.05, 4.69) is 18.3 Å². The average molecular weight is 234 g/mol. The van der Waals surface area contributed by atoms with Gasteiger partial charge in [0.15, 0.2) is 11.2 Å². The number of hydrogen-bond donors (Lipinski definition) is 1. The fourth-order valence-electron chi connectivity index (χ4n) is 2.00. The molecule has 1 rings (SSSR count). The number of ketones is 1. The summed E-state index contributed by atoms with van der Waals surface area (Å²) in [7, 11) is 0. The smallest absolute Gasteiger partial charge is 0.244 e. The topological polar surface area (TPSA) is 70.0 Å². The summed E-state index contributed by atoms with van der Waals surface area (Å²) >= 11 is 0. The molecule has 0 bridgehead atoms. The first kappa shape index (κ1) is 13.4. The Balaban J connectivity index is 2.82. The zero-order valence-corrected chi connectivity index (χ0v) is 10.3. The molecular formula is C13H18N2O2. The number of nitrogens with zero attached hydrogens (tertiary/aromatic N) is 1. The molecule has 1 aliphatic rings. The van der Waals surface area contributed by atoms with Crippen molar-refractivity contribution < 1.29 is 9.59 Å². The highest BCUT2D eigenvalue weighted by atomic mass is 16.2. The molecule has 0 fully saturated rings. The SMILES string of the molecule is CCCCCC(=O)C1(C#N)C=CC(=O)NC1C. The Bertz CT molecular complexity index is 381. The van der Waals surface area contributed by atoms with Gasteiger partial charge in [-0.15, -0.1) is 0 Å². The van der Waals surface area contributed by atoms with Crippen LogP contribution in [0, 0.1) is 16.7 Å². The first-order chi connectivity index (χ1) is 8.06. The van der Waals surface area contributed by atoms with Crippen LogP contribution in [-0.4, -0.2) is 17.7 Å². The maximum Gasteiger partial charge on any atom is 0.244 e. The number of carbonyl (C=O) groups excluding carboxylic acids is 2. The molecule has 0 saturated carbocycles. The zero-order valence-electron chi connectivity index (χ0n) is 10.3. The van der Waals surface area contributed by atoms with Crippen molar-refractivity contribution in [1.29, 1.82) is 5.26 Å². The van der Waals surface area contributed by atoms with Crippen molar-refractivity contribution in [2.24, 2.45) is 5.41 Å². The molecular weight excluding hydrogens is 216 g/mol. The lowest BCUT2D eigenvalue weighted by molar-refractivity contribution is -0.126. The number of nitrogens with one attached hydrogen (secondary N) is 1. The van der Waals surface area contributed by atoms with Crippen molar-refractivity contribution in [3.63, 3.8) is 0 Å². The lowest BCUT2D eigenvalue weighted by atomic mass is 9.75. The van der Waals surface area contributed by atoms with Crippen LogP contribution < -0.4 is 5.32 Å². The Morgan fingerprint density at radius 1 is 1.59 bits per heavy atom. The van der Waals surface area contributed by atoms with Crippen molar-refractivity contribution in [2.75, 3.05) is 0 Å². The number of amides is 1. The van der Waals surface area contributed by atoms with E-state index in [4.69, 9.17) is 0 Å². The monoisotopic (exact) mass is 234 g/mol. The first-order valence-corrected chi connectivity index (χ1v) is 6.01. The van der Waals surface area contributed by atoms with Gasteiger partial charge in [-0.2, -0.15) is 5.26 Å². The molecule has 0 aromatic rings. The molecule has 1 aliphatic heterocycles. The molecule has 92 valence electrons. The fraction of sp³-hybridized carbons (Fsp3) is 0.615. The molecule has 1 amide bonds. The molecule has 0 spiro atoms. The minimum Gasteiger partial charge on any atom is -0.348 e. The Morgan fingerprint density at radius 3 is 2.82 bits per heavy atom. The van der Waals surface area contributed by atoms with E-state index in [-0.39, 0.29) is 11.7 Å². The lowest BCUT2D eigenvalue weighted by Gasteiger charge is -2.31. The van der Waals surface area contributed by atoms with Crippen molar-refractivity contribution in [2.45, 2.75) is 45.6 Å². The summed E-state index contributed by atoms with van der Waals surface area (Å²) in [6.07, 6.45) is 5.94. The summed E-state index contributed by atoms with van der Waals surface area (Å²) in [6, 6.07) is 1.60. The van der Waals surface area contributed by atoms with Gasteiger partial charge in [0.1, 0.15) is 0 Å². The summed E-state index contributed by atoms with van der Waals surface area (Å²) in [5, 5.41) is 11.9. The van der Waals surface area contributed by atoms with Crippen LogP contribution in [0.5, 0.6) is 0 Å². The molecule has 0 aromatic heterocycles. The van der Waals surface area contributed by atoms with Gasteiger partial charge in [0.25, 0.3) is 0 Å². The van der Waals surface area contributed by atoms with Crippen LogP contribution in [0.25, 0.3) is 0 Å². The van der Waals surface area contributed by atoms with Crippen LogP contribution >= 0.6 is 0 Å². The largest absolute Gasteiger partial charge is 0.348 e. The molecule has 0 radical (unpaired) electrons. The molecule has 0 aliphatic carbocycles. The fourth-order valence-corrected chi connectivity index (χ4v) is 2.00. The highest BCUT2D eigenvalue weighted by Crippen LogP contribution is 2.29. The summed E-state index contributed by atoms with van der Waals surface area (Å²) in [5.74, 6) is -0.345. The first-order valence-electron chi connectivity index (χ1n) is 6.01. The summed E-state index contributed by atoms with van der Waals surface area (Å²) in [4.78, 5) is 23.3. The van der Waals surface area contributed by atoms with Gasteiger partial charge in [0.2, 0.25) is 5.91 Å². The second-order valence-electron chi connectivity index (χ2n) is 4.42. The Hall–Kier alpha value is -1.63. The number of hydrogen-bond acceptors (Lipinski definition) is 3. The normalized spacial score (nSPS) is 27.4. The van der Waals surface area contributed by atoms with Gasteiger partial charge in [-0.25, -0.2) is 0 Å². The number of rotatable bonds is 5. The minimum absolute atomic E-state index is 0.0998. The number of carbonyl (C=O) groups is 2. The predicted molar refractivity (Wildman–Crippen MR) is 63.9 cm³/mol. The van der Waals surface area contributed by atoms with E-state index in [1.54, 1.807) is 6.92 Å². The van der Waals surface area contributed by atoms with Gasteiger partial charge in [0, 0.05) is 12.5 Å². The highest BCUT2D eigenvalue weighted by molar-refractivity contribution is 5.97. The van der Waals surface area contributed by atoms with E-state index in [1.165, 1.54) is 12.2 Å². The third-order valence-electron chi connectivity index (χ3n) is 3.19. The Kier molecular flexibility index (Phi) is 4.45. The van der Waals surface area contributed by atoms with Gasteiger partial charge < -0.3 is 5.32 Å².